The van der Waals surface area contributed by atoms with Gasteiger partial charge in [-0.2, -0.15) is 0 Å². The number of nitrogens with zero attached hydrogens (tertiary/aromatic N) is 1. The van der Waals surface area contributed by atoms with Gasteiger partial charge in [0.25, 0.3) is 0 Å². The van der Waals surface area contributed by atoms with E-state index in [-0.39, 0.29) is 0 Å². The Morgan fingerprint density at radius 3 is 2.31 bits per heavy atom. The minimum Gasteiger partial charge on any atom is -0.317 e. The Morgan fingerprint density at radius 1 is 1.15 bits per heavy atom. The van der Waals surface area contributed by atoms with E-state index in [2.05, 4.69) is 24.1 Å². The summed E-state index contributed by atoms with van der Waals surface area (Å²) >= 11 is 0. The van der Waals surface area contributed by atoms with E-state index in [1.807, 2.05) is 0 Å². The van der Waals surface area contributed by atoms with Crippen LogP contribution in [0.5, 0.6) is 0 Å². The molecule has 0 bridgehead atoms. The van der Waals surface area contributed by atoms with Gasteiger partial charge in [0.05, 0.1) is 0 Å². The lowest BCUT2D eigenvalue weighted by molar-refractivity contribution is 0.0163. The first-order chi connectivity index (χ1) is 6.27. The van der Waals surface area contributed by atoms with Gasteiger partial charge in [0, 0.05) is 19.1 Å². The molecule has 1 N–H and O–H groups in total. The monoisotopic (exact) mass is 182 g/mol. The molecule has 0 spiro atoms. The molecule has 0 unspecified atom stereocenters. The molecule has 0 aromatic carbocycles. The molecule has 2 heterocycles. The van der Waals surface area contributed by atoms with Gasteiger partial charge in [-0.05, 0) is 37.8 Å². The van der Waals surface area contributed by atoms with Crippen molar-refractivity contribution in [1.82, 2.24) is 10.2 Å². The van der Waals surface area contributed by atoms with E-state index in [0.29, 0.717) is 0 Å². The number of nitrogens with one attached hydrogen (secondary N) is 1. The molecule has 76 valence electrons. The summed E-state index contributed by atoms with van der Waals surface area (Å²) in [5.41, 5.74) is 0. The predicted octanol–water partition coefficient (Wildman–Crippen LogP) is 1.33. The van der Waals surface area contributed by atoms with Crippen LogP contribution in [0.15, 0.2) is 0 Å². The maximum atomic E-state index is 3.43. The molecule has 0 amide bonds. The van der Waals surface area contributed by atoms with Crippen molar-refractivity contribution in [1.29, 1.82) is 0 Å². The lowest BCUT2D eigenvalue weighted by Crippen LogP contribution is -2.56. The number of hydrogen-bond donors (Lipinski definition) is 1. The first-order valence-corrected chi connectivity index (χ1v) is 5.72. The van der Waals surface area contributed by atoms with Gasteiger partial charge in [0.1, 0.15) is 0 Å². The summed E-state index contributed by atoms with van der Waals surface area (Å²) in [6, 6.07) is 0.899. The summed E-state index contributed by atoms with van der Waals surface area (Å²) < 4.78 is 0. The SMILES string of the molecule is CC(C)C1CN(C2CCNCC2)C1. The summed E-state index contributed by atoms with van der Waals surface area (Å²) in [4.78, 5) is 2.69. The van der Waals surface area contributed by atoms with E-state index >= 15 is 0 Å². The summed E-state index contributed by atoms with van der Waals surface area (Å²) in [5, 5.41) is 3.43. The van der Waals surface area contributed by atoms with Crippen LogP contribution in [0.3, 0.4) is 0 Å². The van der Waals surface area contributed by atoms with Crippen molar-refractivity contribution in [3.05, 3.63) is 0 Å². The molecule has 0 saturated carbocycles. The van der Waals surface area contributed by atoms with Crippen molar-refractivity contribution in [2.45, 2.75) is 32.7 Å². The van der Waals surface area contributed by atoms with Crippen LogP contribution in [0.1, 0.15) is 26.7 Å². The fourth-order valence-electron chi connectivity index (χ4n) is 2.44. The third kappa shape index (κ3) is 2.05. The Labute approximate surface area is 81.7 Å². The molecule has 0 aromatic rings. The second-order valence-corrected chi connectivity index (χ2v) is 4.94. The van der Waals surface area contributed by atoms with Gasteiger partial charge in [-0.25, -0.2) is 0 Å². The summed E-state index contributed by atoms with van der Waals surface area (Å²) in [6.45, 7) is 9.89. The molecule has 0 aliphatic carbocycles. The van der Waals surface area contributed by atoms with E-state index in [0.717, 1.165) is 17.9 Å². The zero-order chi connectivity index (χ0) is 9.26. The molecule has 2 aliphatic rings. The smallest absolute Gasteiger partial charge is 0.0120 e. The first kappa shape index (κ1) is 9.47. The van der Waals surface area contributed by atoms with Crippen LogP contribution in [0.25, 0.3) is 0 Å². The molecule has 0 aromatic heterocycles. The van der Waals surface area contributed by atoms with Crippen LogP contribution in [0.4, 0.5) is 0 Å². The lowest BCUT2D eigenvalue weighted by Gasteiger charge is -2.47. The Kier molecular flexibility index (Phi) is 2.89. The van der Waals surface area contributed by atoms with Crippen molar-refractivity contribution in [2.75, 3.05) is 26.2 Å². The summed E-state index contributed by atoms with van der Waals surface area (Å²) in [7, 11) is 0. The molecule has 2 fully saturated rings. The molecule has 2 heteroatoms. The fourth-order valence-corrected chi connectivity index (χ4v) is 2.44. The van der Waals surface area contributed by atoms with Crippen molar-refractivity contribution in [3.63, 3.8) is 0 Å². The molecule has 2 aliphatic heterocycles. The van der Waals surface area contributed by atoms with Crippen LogP contribution >= 0.6 is 0 Å². The summed E-state index contributed by atoms with van der Waals surface area (Å²) in [6.07, 6.45) is 2.73. The van der Waals surface area contributed by atoms with Crippen molar-refractivity contribution in [3.8, 4) is 0 Å². The zero-order valence-corrected chi connectivity index (χ0v) is 8.92. The number of hydrogen-bond acceptors (Lipinski definition) is 2. The van der Waals surface area contributed by atoms with Crippen molar-refractivity contribution >= 4 is 0 Å². The van der Waals surface area contributed by atoms with Gasteiger partial charge in [-0.1, -0.05) is 13.8 Å². The van der Waals surface area contributed by atoms with Crippen molar-refractivity contribution < 1.29 is 0 Å². The third-order valence-corrected chi connectivity index (χ3v) is 3.71. The quantitative estimate of drug-likeness (QED) is 0.693. The fraction of sp³-hybridized carbons (Fsp3) is 1.00. The minimum atomic E-state index is 0.887. The van der Waals surface area contributed by atoms with Gasteiger partial charge in [0.15, 0.2) is 0 Å². The van der Waals surface area contributed by atoms with Crippen LogP contribution < -0.4 is 5.32 Å². The maximum Gasteiger partial charge on any atom is 0.0120 e. The molecule has 2 nitrogen and oxygen atoms in total. The molecule has 0 radical (unpaired) electrons. The Balaban J connectivity index is 1.72. The maximum absolute atomic E-state index is 3.43. The number of piperidine rings is 1. The first-order valence-electron chi connectivity index (χ1n) is 5.72. The molecular weight excluding hydrogens is 160 g/mol. The zero-order valence-electron chi connectivity index (χ0n) is 8.92. The highest BCUT2D eigenvalue weighted by Crippen LogP contribution is 2.27. The lowest BCUT2D eigenvalue weighted by atomic mass is 9.86. The molecule has 0 atom stereocenters. The molecule has 13 heavy (non-hydrogen) atoms. The van der Waals surface area contributed by atoms with E-state index < -0.39 is 0 Å². The van der Waals surface area contributed by atoms with E-state index in [1.165, 1.54) is 39.0 Å². The van der Waals surface area contributed by atoms with Crippen LogP contribution in [0, 0.1) is 11.8 Å². The standard InChI is InChI=1S/C11H22N2/c1-9(2)10-7-13(8-10)11-3-5-12-6-4-11/h9-12H,3-8H2,1-2H3. The molecule has 2 rings (SSSR count). The largest absolute Gasteiger partial charge is 0.317 e. The highest BCUT2D eigenvalue weighted by atomic mass is 15.2. The molecule has 2 saturated heterocycles. The second-order valence-electron chi connectivity index (χ2n) is 4.94. The normalized spacial score (nSPS) is 27.9. The highest BCUT2D eigenvalue weighted by Gasteiger charge is 2.33. The second kappa shape index (κ2) is 3.97. The van der Waals surface area contributed by atoms with Crippen LogP contribution in [-0.2, 0) is 0 Å². The Hall–Kier alpha value is -0.0800. The van der Waals surface area contributed by atoms with Crippen LogP contribution in [-0.4, -0.2) is 37.1 Å². The Bertz CT molecular complexity index is 155. The average Bonchev–Trinajstić information content (AvgIpc) is 2.02. The summed E-state index contributed by atoms with van der Waals surface area (Å²) in [5.74, 6) is 1.87. The van der Waals surface area contributed by atoms with E-state index in [4.69, 9.17) is 0 Å². The average molecular weight is 182 g/mol. The van der Waals surface area contributed by atoms with Crippen LogP contribution in [0.2, 0.25) is 0 Å². The Morgan fingerprint density at radius 2 is 1.77 bits per heavy atom. The van der Waals surface area contributed by atoms with Gasteiger partial charge < -0.3 is 5.32 Å². The van der Waals surface area contributed by atoms with Gasteiger partial charge in [-0.3, -0.25) is 4.90 Å². The van der Waals surface area contributed by atoms with Gasteiger partial charge in [0.2, 0.25) is 0 Å². The van der Waals surface area contributed by atoms with E-state index in [1.54, 1.807) is 0 Å². The number of likely N-dealkylation sites (tertiary alicyclic amines) is 1. The van der Waals surface area contributed by atoms with Gasteiger partial charge >= 0.3 is 0 Å². The topological polar surface area (TPSA) is 15.3 Å². The number of rotatable bonds is 2. The van der Waals surface area contributed by atoms with E-state index in [9.17, 15) is 0 Å². The molecular formula is C11H22N2. The van der Waals surface area contributed by atoms with Crippen molar-refractivity contribution in [2.24, 2.45) is 11.8 Å². The van der Waals surface area contributed by atoms with Gasteiger partial charge in [-0.15, -0.1) is 0 Å². The predicted molar refractivity (Wildman–Crippen MR) is 55.8 cm³/mol. The third-order valence-electron chi connectivity index (χ3n) is 3.71. The minimum absolute atomic E-state index is 0.887. The highest BCUT2D eigenvalue weighted by molar-refractivity contribution is 4.88.